The van der Waals surface area contributed by atoms with Gasteiger partial charge < -0.3 is 0 Å². The molecule has 4 rings (SSSR count). The average molecular weight is 348 g/mol. The molecule has 0 amide bonds. The second-order valence-electron chi connectivity index (χ2n) is 6.40. The Morgan fingerprint density at radius 2 is 1.72 bits per heavy atom. The maximum Gasteiger partial charge on any atom is 0.243 e. The molecule has 2 aromatic heterocycles. The van der Waals surface area contributed by atoms with E-state index in [-0.39, 0.29) is 5.78 Å². The molecule has 0 bridgehead atoms. The first-order chi connectivity index (χ1) is 12.1. The number of pyridine rings is 1. The van der Waals surface area contributed by atoms with Crippen LogP contribution < -0.4 is 9.13 Å². The minimum atomic E-state index is 0.180. The lowest BCUT2D eigenvalue weighted by Gasteiger charge is -2.03. The SMILES string of the molecule is CC(=O)C[n+]1c(Cc2cc[n+](C)c3ccccc23)sc2ccccc21. The Morgan fingerprint density at radius 3 is 2.52 bits per heavy atom. The summed E-state index contributed by atoms with van der Waals surface area (Å²) < 4.78 is 5.54. The number of para-hydroxylation sites is 2. The van der Waals surface area contributed by atoms with Gasteiger partial charge in [-0.25, -0.2) is 4.57 Å². The molecule has 0 unspecified atom stereocenters. The van der Waals surface area contributed by atoms with Crippen LogP contribution in [-0.2, 0) is 24.8 Å². The fourth-order valence-corrected chi connectivity index (χ4v) is 4.54. The average Bonchev–Trinajstić information content (AvgIpc) is 2.95. The van der Waals surface area contributed by atoms with Gasteiger partial charge >= 0.3 is 0 Å². The number of ketones is 1. The predicted molar refractivity (Wildman–Crippen MR) is 101 cm³/mol. The molecular weight excluding hydrogens is 328 g/mol. The molecule has 124 valence electrons. The van der Waals surface area contributed by atoms with E-state index in [1.54, 1.807) is 18.3 Å². The van der Waals surface area contributed by atoms with E-state index in [1.807, 2.05) is 6.07 Å². The van der Waals surface area contributed by atoms with Crippen LogP contribution in [0.3, 0.4) is 0 Å². The van der Waals surface area contributed by atoms with Crippen molar-refractivity contribution in [2.75, 3.05) is 0 Å². The minimum Gasteiger partial charge on any atom is -0.293 e. The van der Waals surface area contributed by atoms with E-state index in [2.05, 4.69) is 70.9 Å². The number of fused-ring (bicyclic) bond motifs is 2. The van der Waals surface area contributed by atoms with E-state index in [9.17, 15) is 4.79 Å². The minimum absolute atomic E-state index is 0.180. The van der Waals surface area contributed by atoms with Gasteiger partial charge in [0.15, 0.2) is 12.0 Å². The van der Waals surface area contributed by atoms with Crippen LogP contribution >= 0.6 is 11.3 Å². The largest absolute Gasteiger partial charge is 0.293 e. The lowest BCUT2D eigenvalue weighted by molar-refractivity contribution is -0.660. The summed E-state index contributed by atoms with van der Waals surface area (Å²) in [5.41, 5.74) is 3.65. The molecule has 2 aromatic carbocycles. The van der Waals surface area contributed by atoms with Crippen LogP contribution in [0.2, 0.25) is 0 Å². The van der Waals surface area contributed by atoms with Gasteiger partial charge in [0, 0.05) is 25.1 Å². The van der Waals surface area contributed by atoms with Gasteiger partial charge in [0.25, 0.3) is 0 Å². The van der Waals surface area contributed by atoms with E-state index >= 15 is 0 Å². The lowest BCUT2D eigenvalue weighted by Crippen LogP contribution is -2.39. The van der Waals surface area contributed by atoms with Crippen molar-refractivity contribution in [1.29, 1.82) is 0 Å². The molecule has 0 saturated heterocycles. The van der Waals surface area contributed by atoms with Crippen molar-refractivity contribution < 1.29 is 13.9 Å². The van der Waals surface area contributed by atoms with Gasteiger partial charge in [-0.2, -0.15) is 4.57 Å². The zero-order chi connectivity index (χ0) is 17.4. The first-order valence-corrected chi connectivity index (χ1v) is 9.21. The Hall–Kier alpha value is -2.59. The van der Waals surface area contributed by atoms with E-state index in [1.165, 1.54) is 26.2 Å². The number of thiazole rings is 1. The van der Waals surface area contributed by atoms with Crippen molar-refractivity contribution in [3.63, 3.8) is 0 Å². The molecule has 0 fully saturated rings. The number of nitrogens with zero attached hydrogens (tertiary/aromatic N) is 2. The summed E-state index contributed by atoms with van der Waals surface area (Å²) in [5.74, 6) is 0.180. The monoisotopic (exact) mass is 348 g/mol. The maximum atomic E-state index is 11.8. The summed E-state index contributed by atoms with van der Waals surface area (Å²) in [6.45, 7) is 2.08. The molecule has 0 atom stereocenters. The first-order valence-electron chi connectivity index (χ1n) is 8.39. The zero-order valence-corrected chi connectivity index (χ0v) is 15.2. The van der Waals surface area contributed by atoms with Crippen LogP contribution in [0.15, 0.2) is 60.8 Å². The molecular formula is C21H20N2OS+2. The summed E-state index contributed by atoms with van der Waals surface area (Å²) in [7, 11) is 2.07. The molecule has 0 saturated carbocycles. The summed E-state index contributed by atoms with van der Waals surface area (Å²) in [6, 6.07) is 19.0. The molecule has 4 aromatic rings. The van der Waals surface area contributed by atoms with Crippen LogP contribution in [0, 0.1) is 0 Å². The van der Waals surface area contributed by atoms with Crippen LogP contribution in [0.1, 0.15) is 17.5 Å². The molecule has 3 nitrogen and oxygen atoms in total. The lowest BCUT2D eigenvalue weighted by atomic mass is 10.1. The number of carbonyl (C=O) groups excluding carboxylic acids is 1. The van der Waals surface area contributed by atoms with Crippen LogP contribution in [-0.4, -0.2) is 5.78 Å². The van der Waals surface area contributed by atoms with Crippen molar-refractivity contribution in [2.45, 2.75) is 19.9 Å². The molecule has 0 aliphatic rings. The van der Waals surface area contributed by atoms with Gasteiger partial charge in [0.05, 0.1) is 11.8 Å². The summed E-state index contributed by atoms with van der Waals surface area (Å²) >= 11 is 1.78. The molecule has 4 heteroatoms. The second kappa shape index (κ2) is 6.37. The topological polar surface area (TPSA) is 24.8 Å². The third-order valence-electron chi connectivity index (χ3n) is 4.54. The Morgan fingerprint density at radius 1 is 1.00 bits per heavy atom. The molecule has 2 heterocycles. The normalized spacial score (nSPS) is 11.3. The maximum absolute atomic E-state index is 11.8. The predicted octanol–water partition coefficient (Wildman–Crippen LogP) is 3.35. The fraction of sp³-hybridized carbons (Fsp3) is 0.190. The highest BCUT2D eigenvalue weighted by Crippen LogP contribution is 2.24. The van der Waals surface area contributed by atoms with Crippen molar-refractivity contribution >= 4 is 38.2 Å². The molecule has 25 heavy (non-hydrogen) atoms. The molecule has 0 spiro atoms. The van der Waals surface area contributed by atoms with Crippen molar-refractivity contribution in [3.05, 3.63) is 71.4 Å². The van der Waals surface area contributed by atoms with E-state index < -0.39 is 0 Å². The summed E-state index contributed by atoms with van der Waals surface area (Å²) in [4.78, 5) is 11.8. The third kappa shape index (κ3) is 2.94. The van der Waals surface area contributed by atoms with Gasteiger partial charge in [0.1, 0.15) is 11.7 Å². The van der Waals surface area contributed by atoms with Crippen LogP contribution in [0.5, 0.6) is 0 Å². The molecule has 0 N–H and O–H groups in total. The molecule has 0 aliphatic heterocycles. The van der Waals surface area contributed by atoms with Gasteiger partial charge in [-0.1, -0.05) is 35.6 Å². The summed E-state index contributed by atoms with van der Waals surface area (Å²) in [5, 5.41) is 2.48. The van der Waals surface area contributed by atoms with E-state index in [4.69, 9.17) is 0 Å². The number of Topliss-reactive ketones (excluding diaryl/α,β-unsaturated/α-hetero) is 1. The smallest absolute Gasteiger partial charge is 0.243 e. The van der Waals surface area contributed by atoms with Gasteiger partial charge in [-0.15, -0.1) is 0 Å². The standard InChI is InChI=1S/C21H20N2OS/c1-15(24)14-23-19-9-5-6-10-20(19)25-21(23)13-16-11-12-22(2)18-8-4-3-7-17(16)18/h3-12H,13-14H2,1-2H3/q+2. The number of benzene rings is 2. The Labute approximate surface area is 150 Å². The number of hydrogen-bond donors (Lipinski definition) is 0. The number of aromatic nitrogens is 2. The number of hydrogen-bond acceptors (Lipinski definition) is 2. The van der Waals surface area contributed by atoms with Crippen LogP contribution in [0.4, 0.5) is 0 Å². The van der Waals surface area contributed by atoms with Crippen molar-refractivity contribution in [2.24, 2.45) is 7.05 Å². The quantitative estimate of drug-likeness (QED) is 0.519. The number of aryl methyl sites for hydroxylation is 1. The Balaban J connectivity index is 1.86. The number of rotatable bonds is 4. The fourth-order valence-electron chi connectivity index (χ4n) is 3.35. The summed E-state index contributed by atoms with van der Waals surface area (Å²) in [6.07, 6.45) is 2.94. The number of carbonyl (C=O) groups is 1. The first kappa shape index (κ1) is 15.9. The second-order valence-corrected chi connectivity index (χ2v) is 7.51. The molecule has 0 radical (unpaired) electrons. The third-order valence-corrected chi connectivity index (χ3v) is 5.70. The Bertz CT molecular complexity index is 1100. The zero-order valence-electron chi connectivity index (χ0n) is 14.4. The van der Waals surface area contributed by atoms with Gasteiger partial charge in [-0.05, 0) is 17.7 Å². The van der Waals surface area contributed by atoms with E-state index in [0.717, 1.165) is 11.9 Å². The molecule has 0 aliphatic carbocycles. The van der Waals surface area contributed by atoms with Crippen molar-refractivity contribution in [1.82, 2.24) is 0 Å². The van der Waals surface area contributed by atoms with Gasteiger partial charge in [-0.3, -0.25) is 4.79 Å². The highest BCUT2D eigenvalue weighted by Gasteiger charge is 2.23. The van der Waals surface area contributed by atoms with Crippen LogP contribution in [0.25, 0.3) is 21.1 Å². The highest BCUT2D eigenvalue weighted by atomic mass is 32.1. The van der Waals surface area contributed by atoms with Crippen molar-refractivity contribution in [3.8, 4) is 0 Å². The van der Waals surface area contributed by atoms with Gasteiger partial charge in [0.2, 0.25) is 22.6 Å². The Kier molecular flexibility index (Phi) is 4.06. The highest BCUT2D eigenvalue weighted by molar-refractivity contribution is 7.18. The van der Waals surface area contributed by atoms with E-state index in [0.29, 0.717) is 6.54 Å².